The molecule has 0 bridgehead atoms. The fourth-order valence-electron chi connectivity index (χ4n) is 2.69. The Kier molecular flexibility index (Phi) is 11.0. The van der Waals surface area contributed by atoms with E-state index in [1.807, 2.05) is 33.4 Å². The molecule has 1 aliphatic rings. The summed E-state index contributed by atoms with van der Waals surface area (Å²) in [6.07, 6.45) is 7.63. The third-order valence-corrected chi connectivity index (χ3v) is 8.02. The number of amides is 2. The Labute approximate surface area is 162 Å². The van der Waals surface area contributed by atoms with Crippen molar-refractivity contribution in [3.05, 3.63) is 0 Å². The van der Waals surface area contributed by atoms with E-state index in [0.717, 1.165) is 50.9 Å². The third kappa shape index (κ3) is 10.4. The second kappa shape index (κ2) is 12.1. The Morgan fingerprint density at radius 1 is 1.16 bits per heavy atom. The lowest BCUT2D eigenvalue weighted by Gasteiger charge is -2.27. The highest BCUT2D eigenvalue weighted by Crippen LogP contribution is 2.39. The van der Waals surface area contributed by atoms with Crippen molar-refractivity contribution >= 4 is 33.4 Å². The van der Waals surface area contributed by atoms with E-state index >= 15 is 0 Å². The maximum atomic E-state index is 12.1. The van der Waals surface area contributed by atoms with E-state index in [-0.39, 0.29) is 16.7 Å². The molecule has 1 saturated heterocycles. The average molecular weight is 389 g/mol. The van der Waals surface area contributed by atoms with Gasteiger partial charge in [0.15, 0.2) is 0 Å². The standard InChI is InChI=1S/C19H36N2O2S2/c1-5-16(2)20-17(22)11-12-19(3,4)25-24-15-9-10-18(23)21-13-7-6-8-14-21/h16H,5-15H2,1-4H3,(H,20,22). The molecule has 1 rings (SSSR count). The number of nitrogens with zero attached hydrogens (tertiary/aromatic N) is 1. The van der Waals surface area contributed by atoms with Gasteiger partial charge in [0.2, 0.25) is 11.8 Å². The minimum absolute atomic E-state index is 0.0777. The topological polar surface area (TPSA) is 49.4 Å². The normalized spacial score (nSPS) is 16.6. The number of hydrogen-bond donors (Lipinski definition) is 1. The maximum Gasteiger partial charge on any atom is 0.222 e. The lowest BCUT2D eigenvalue weighted by Crippen LogP contribution is -2.35. The van der Waals surface area contributed by atoms with Crippen LogP contribution in [-0.2, 0) is 9.59 Å². The Morgan fingerprint density at radius 3 is 2.48 bits per heavy atom. The van der Waals surface area contributed by atoms with E-state index in [0.29, 0.717) is 18.7 Å². The van der Waals surface area contributed by atoms with Gasteiger partial charge in [-0.1, -0.05) is 28.5 Å². The van der Waals surface area contributed by atoms with E-state index in [9.17, 15) is 9.59 Å². The van der Waals surface area contributed by atoms with Crippen molar-refractivity contribution in [2.45, 2.75) is 89.9 Å². The molecule has 146 valence electrons. The van der Waals surface area contributed by atoms with Gasteiger partial charge in [0, 0.05) is 42.5 Å². The predicted octanol–water partition coefficient (Wildman–Crippen LogP) is 4.63. The summed E-state index contributed by atoms with van der Waals surface area (Å²) >= 11 is 0. The summed E-state index contributed by atoms with van der Waals surface area (Å²) in [5.74, 6) is 1.47. The SMILES string of the molecule is CCC(C)NC(=O)CCC(C)(C)SSCCCC(=O)N1CCCCC1. The van der Waals surface area contributed by atoms with Crippen LogP contribution in [0.3, 0.4) is 0 Å². The van der Waals surface area contributed by atoms with Gasteiger partial charge in [-0.05, 0) is 59.3 Å². The maximum absolute atomic E-state index is 12.1. The molecule has 1 unspecified atom stereocenters. The third-order valence-electron chi connectivity index (χ3n) is 4.59. The van der Waals surface area contributed by atoms with Gasteiger partial charge in [0.1, 0.15) is 0 Å². The predicted molar refractivity (Wildman–Crippen MR) is 111 cm³/mol. The van der Waals surface area contributed by atoms with Crippen LogP contribution in [0.2, 0.25) is 0 Å². The quantitative estimate of drug-likeness (QED) is 0.414. The van der Waals surface area contributed by atoms with Crippen LogP contribution in [0.15, 0.2) is 0 Å². The Bertz CT molecular complexity index is 410. The molecule has 1 N–H and O–H groups in total. The molecule has 2 amide bonds. The summed E-state index contributed by atoms with van der Waals surface area (Å²) in [6, 6.07) is 0.259. The van der Waals surface area contributed by atoms with E-state index in [2.05, 4.69) is 26.1 Å². The minimum Gasteiger partial charge on any atom is -0.354 e. The minimum atomic E-state index is 0.0777. The van der Waals surface area contributed by atoms with Gasteiger partial charge in [0.25, 0.3) is 0 Å². The van der Waals surface area contributed by atoms with Crippen LogP contribution < -0.4 is 5.32 Å². The highest BCUT2D eigenvalue weighted by atomic mass is 33.1. The first-order valence-electron chi connectivity index (χ1n) is 9.72. The molecule has 0 saturated carbocycles. The van der Waals surface area contributed by atoms with Crippen molar-refractivity contribution in [3.8, 4) is 0 Å². The van der Waals surface area contributed by atoms with Crippen LogP contribution in [0, 0.1) is 0 Å². The summed E-state index contributed by atoms with van der Waals surface area (Å²) in [4.78, 5) is 26.0. The van der Waals surface area contributed by atoms with E-state index in [4.69, 9.17) is 0 Å². The molecule has 0 aliphatic carbocycles. The Morgan fingerprint density at radius 2 is 1.84 bits per heavy atom. The number of rotatable bonds is 11. The zero-order chi connectivity index (χ0) is 18.7. The molecule has 4 nitrogen and oxygen atoms in total. The van der Waals surface area contributed by atoms with Gasteiger partial charge in [-0.2, -0.15) is 0 Å². The monoisotopic (exact) mass is 388 g/mol. The van der Waals surface area contributed by atoms with Crippen molar-refractivity contribution < 1.29 is 9.59 Å². The van der Waals surface area contributed by atoms with Crippen molar-refractivity contribution in [1.82, 2.24) is 10.2 Å². The number of likely N-dealkylation sites (tertiary alicyclic amines) is 1. The lowest BCUT2D eigenvalue weighted by molar-refractivity contribution is -0.132. The Hall–Kier alpha value is -0.360. The summed E-state index contributed by atoms with van der Waals surface area (Å²) in [7, 11) is 3.68. The van der Waals surface area contributed by atoms with Gasteiger partial charge in [0.05, 0.1) is 0 Å². The molecule has 6 heteroatoms. The molecule has 1 atom stereocenters. The number of nitrogens with one attached hydrogen (secondary N) is 1. The molecule has 1 heterocycles. The molecule has 0 aromatic carbocycles. The molecular formula is C19H36N2O2S2. The molecule has 25 heavy (non-hydrogen) atoms. The van der Waals surface area contributed by atoms with Gasteiger partial charge in [-0.25, -0.2) is 0 Å². The summed E-state index contributed by atoms with van der Waals surface area (Å²) in [5, 5.41) is 3.02. The fraction of sp³-hybridized carbons (Fsp3) is 0.895. The summed E-state index contributed by atoms with van der Waals surface area (Å²) in [6.45, 7) is 10.4. The van der Waals surface area contributed by atoms with Crippen molar-refractivity contribution in [3.63, 3.8) is 0 Å². The van der Waals surface area contributed by atoms with Crippen molar-refractivity contribution in [1.29, 1.82) is 0 Å². The second-order valence-corrected chi connectivity index (χ2v) is 10.7. The molecule has 0 radical (unpaired) electrons. The zero-order valence-corrected chi connectivity index (χ0v) is 18.1. The first-order valence-corrected chi connectivity index (χ1v) is 12.0. The van der Waals surface area contributed by atoms with Gasteiger partial charge in [-0.15, -0.1) is 0 Å². The zero-order valence-electron chi connectivity index (χ0n) is 16.4. The van der Waals surface area contributed by atoms with Crippen LogP contribution in [0.25, 0.3) is 0 Å². The van der Waals surface area contributed by atoms with Crippen LogP contribution in [0.1, 0.15) is 79.1 Å². The van der Waals surface area contributed by atoms with Gasteiger partial charge < -0.3 is 10.2 Å². The largest absolute Gasteiger partial charge is 0.354 e. The average Bonchev–Trinajstić information content (AvgIpc) is 2.60. The molecule has 1 fully saturated rings. The smallest absolute Gasteiger partial charge is 0.222 e. The highest BCUT2D eigenvalue weighted by Gasteiger charge is 2.21. The second-order valence-electron chi connectivity index (χ2n) is 7.59. The van der Waals surface area contributed by atoms with Crippen molar-refractivity contribution in [2.75, 3.05) is 18.8 Å². The van der Waals surface area contributed by atoms with Crippen molar-refractivity contribution in [2.24, 2.45) is 0 Å². The van der Waals surface area contributed by atoms with E-state index in [1.165, 1.54) is 6.42 Å². The summed E-state index contributed by atoms with van der Waals surface area (Å²) < 4.78 is 0.0777. The van der Waals surface area contributed by atoms with Crippen LogP contribution in [-0.4, -0.2) is 46.3 Å². The molecule has 0 aromatic heterocycles. The first kappa shape index (κ1) is 22.7. The van der Waals surface area contributed by atoms with E-state index < -0.39 is 0 Å². The fourth-order valence-corrected chi connectivity index (χ4v) is 5.35. The Balaban J connectivity index is 2.10. The molecule has 0 aromatic rings. The van der Waals surface area contributed by atoms with Crippen LogP contribution in [0.4, 0.5) is 0 Å². The van der Waals surface area contributed by atoms with Crippen LogP contribution in [0.5, 0.6) is 0 Å². The highest BCUT2D eigenvalue weighted by molar-refractivity contribution is 8.77. The summed E-state index contributed by atoms with van der Waals surface area (Å²) in [5.41, 5.74) is 0. The number of piperidine rings is 1. The number of carbonyl (C=O) groups excluding carboxylic acids is 2. The molecule has 1 aliphatic heterocycles. The van der Waals surface area contributed by atoms with Gasteiger partial charge >= 0.3 is 0 Å². The lowest BCUT2D eigenvalue weighted by atomic mass is 10.1. The van der Waals surface area contributed by atoms with Gasteiger partial charge in [-0.3, -0.25) is 9.59 Å². The van der Waals surface area contributed by atoms with Crippen LogP contribution >= 0.6 is 21.6 Å². The van der Waals surface area contributed by atoms with E-state index in [1.54, 1.807) is 0 Å². The first-order chi connectivity index (χ1) is 11.8. The number of carbonyl (C=O) groups is 2. The molecular weight excluding hydrogens is 352 g/mol. The number of hydrogen-bond acceptors (Lipinski definition) is 4. The molecule has 0 spiro atoms.